The fourth-order valence-corrected chi connectivity index (χ4v) is 3.25. The molecule has 0 aromatic carbocycles. The van der Waals surface area contributed by atoms with Crippen molar-refractivity contribution in [3.63, 3.8) is 0 Å². The summed E-state index contributed by atoms with van der Waals surface area (Å²) in [6, 6.07) is 0. The largest absolute Gasteiger partial charge is 0.465 e. The average molecular weight is 213 g/mol. The van der Waals surface area contributed by atoms with Crippen LogP contribution in [0, 0.1) is 11.3 Å². The Kier molecular flexibility index (Phi) is 2.63. The number of aliphatic hydroxyl groups excluding tert-OH is 1. The van der Waals surface area contributed by atoms with Gasteiger partial charge in [-0.1, -0.05) is 6.92 Å². The van der Waals surface area contributed by atoms with Gasteiger partial charge in [0.2, 0.25) is 0 Å². The number of nitrogens with zero attached hydrogens (tertiary/aromatic N) is 1. The number of amides is 1. The minimum absolute atomic E-state index is 0.170. The predicted octanol–water partition coefficient (Wildman–Crippen LogP) is 1.54. The van der Waals surface area contributed by atoms with E-state index in [9.17, 15) is 9.90 Å². The molecule has 2 rings (SSSR count). The van der Waals surface area contributed by atoms with E-state index in [0.29, 0.717) is 19.0 Å². The molecule has 1 aliphatic heterocycles. The van der Waals surface area contributed by atoms with Crippen molar-refractivity contribution in [2.45, 2.75) is 38.7 Å². The lowest BCUT2D eigenvalue weighted by atomic mass is 9.71. The first-order valence-electron chi connectivity index (χ1n) is 5.69. The summed E-state index contributed by atoms with van der Waals surface area (Å²) < 4.78 is 0. The Balaban J connectivity index is 2.00. The summed E-state index contributed by atoms with van der Waals surface area (Å²) in [5, 5.41) is 18.5. The molecule has 4 heteroatoms. The number of carbonyl (C=O) groups is 1. The molecule has 1 amide bonds. The van der Waals surface area contributed by atoms with Crippen LogP contribution in [-0.4, -0.2) is 40.4 Å². The molecule has 1 aliphatic carbocycles. The molecule has 2 fully saturated rings. The van der Waals surface area contributed by atoms with Crippen LogP contribution in [0.15, 0.2) is 0 Å². The van der Waals surface area contributed by atoms with E-state index in [-0.39, 0.29) is 11.5 Å². The van der Waals surface area contributed by atoms with Gasteiger partial charge in [-0.15, -0.1) is 0 Å². The van der Waals surface area contributed by atoms with Crippen molar-refractivity contribution in [3.05, 3.63) is 0 Å². The second-order valence-corrected chi connectivity index (χ2v) is 5.13. The molecule has 1 spiro atoms. The summed E-state index contributed by atoms with van der Waals surface area (Å²) in [6.45, 7) is 3.45. The van der Waals surface area contributed by atoms with Crippen LogP contribution < -0.4 is 0 Å². The summed E-state index contributed by atoms with van der Waals surface area (Å²) in [5.74, 6) is 0.531. The van der Waals surface area contributed by atoms with E-state index in [2.05, 4.69) is 6.92 Å². The standard InChI is InChI=1S/C11H19NO3/c1-8-6-9(13)7-11(8)2-4-12(5-3-11)10(14)15/h8-9,13H,2-7H2,1H3,(H,14,15). The zero-order valence-electron chi connectivity index (χ0n) is 9.15. The van der Waals surface area contributed by atoms with Crippen molar-refractivity contribution in [3.8, 4) is 0 Å². The summed E-state index contributed by atoms with van der Waals surface area (Å²) in [4.78, 5) is 12.3. The van der Waals surface area contributed by atoms with Gasteiger partial charge in [-0.25, -0.2) is 4.79 Å². The third kappa shape index (κ3) is 1.83. The minimum Gasteiger partial charge on any atom is -0.465 e. The zero-order valence-corrected chi connectivity index (χ0v) is 9.15. The molecular weight excluding hydrogens is 194 g/mol. The van der Waals surface area contributed by atoms with Crippen molar-refractivity contribution in [1.82, 2.24) is 4.90 Å². The maximum atomic E-state index is 10.8. The number of carboxylic acid groups (broad SMARTS) is 1. The molecule has 0 bridgehead atoms. The topological polar surface area (TPSA) is 60.8 Å². The minimum atomic E-state index is -0.809. The lowest BCUT2D eigenvalue weighted by molar-refractivity contribution is 0.0632. The Morgan fingerprint density at radius 3 is 2.40 bits per heavy atom. The van der Waals surface area contributed by atoms with Gasteiger partial charge in [0, 0.05) is 13.1 Å². The molecule has 2 aliphatic rings. The molecule has 1 saturated carbocycles. The van der Waals surface area contributed by atoms with Gasteiger partial charge in [0.25, 0.3) is 0 Å². The van der Waals surface area contributed by atoms with Crippen molar-refractivity contribution in [1.29, 1.82) is 0 Å². The number of hydrogen-bond acceptors (Lipinski definition) is 2. The first-order valence-corrected chi connectivity index (χ1v) is 5.69. The molecular formula is C11H19NO3. The van der Waals surface area contributed by atoms with Gasteiger partial charge < -0.3 is 15.1 Å². The molecule has 1 heterocycles. The highest BCUT2D eigenvalue weighted by molar-refractivity contribution is 5.65. The van der Waals surface area contributed by atoms with E-state index < -0.39 is 6.09 Å². The van der Waals surface area contributed by atoms with Gasteiger partial charge in [0.1, 0.15) is 0 Å². The first-order chi connectivity index (χ1) is 7.03. The Bertz CT molecular complexity index is 259. The summed E-state index contributed by atoms with van der Waals surface area (Å²) in [6.07, 6.45) is 2.59. The van der Waals surface area contributed by atoms with E-state index in [1.165, 1.54) is 4.90 Å². The second kappa shape index (κ2) is 3.67. The SMILES string of the molecule is CC1CC(O)CC12CCN(C(=O)O)CC2. The van der Waals surface area contributed by atoms with Crippen LogP contribution in [0.4, 0.5) is 4.79 Å². The quantitative estimate of drug-likeness (QED) is 0.641. The van der Waals surface area contributed by atoms with Crippen molar-refractivity contribution >= 4 is 6.09 Å². The van der Waals surface area contributed by atoms with E-state index in [4.69, 9.17) is 5.11 Å². The van der Waals surface area contributed by atoms with E-state index in [1.54, 1.807) is 0 Å². The lowest BCUT2D eigenvalue weighted by Crippen LogP contribution is -2.43. The highest BCUT2D eigenvalue weighted by Crippen LogP contribution is 2.50. The number of likely N-dealkylation sites (tertiary alicyclic amines) is 1. The van der Waals surface area contributed by atoms with Gasteiger partial charge in [0.05, 0.1) is 6.10 Å². The Hall–Kier alpha value is -0.770. The fraction of sp³-hybridized carbons (Fsp3) is 0.909. The maximum Gasteiger partial charge on any atom is 0.407 e. The number of rotatable bonds is 0. The third-order valence-electron chi connectivity index (χ3n) is 4.34. The Labute approximate surface area is 89.9 Å². The molecule has 15 heavy (non-hydrogen) atoms. The molecule has 2 atom stereocenters. The molecule has 0 aromatic heterocycles. The zero-order chi connectivity index (χ0) is 11.1. The fourth-order valence-electron chi connectivity index (χ4n) is 3.25. The van der Waals surface area contributed by atoms with Crippen LogP contribution in [0.3, 0.4) is 0 Å². The van der Waals surface area contributed by atoms with Gasteiger partial charge in [0.15, 0.2) is 0 Å². The number of hydrogen-bond donors (Lipinski definition) is 2. The first kappa shape index (κ1) is 10.7. The molecule has 4 nitrogen and oxygen atoms in total. The van der Waals surface area contributed by atoms with Crippen LogP contribution in [-0.2, 0) is 0 Å². The number of aliphatic hydroxyl groups is 1. The van der Waals surface area contributed by atoms with Crippen molar-refractivity contribution in [2.24, 2.45) is 11.3 Å². The highest BCUT2D eigenvalue weighted by Gasteiger charge is 2.46. The summed E-state index contributed by atoms with van der Waals surface area (Å²) in [7, 11) is 0. The third-order valence-corrected chi connectivity index (χ3v) is 4.34. The van der Waals surface area contributed by atoms with E-state index in [1.807, 2.05) is 0 Å². The van der Waals surface area contributed by atoms with Crippen LogP contribution in [0.1, 0.15) is 32.6 Å². The normalized spacial score (nSPS) is 34.7. The van der Waals surface area contributed by atoms with Crippen molar-refractivity contribution in [2.75, 3.05) is 13.1 Å². The average Bonchev–Trinajstić information content (AvgIpc) is 2.42. The molecule has 0 aromatic rings. The molecule has 86 valence electrons. The van der Waals surface area contributed by atoms with Crippen LogP contribution in [0.25, 0.3) is 0 Å². The summed E-state index contributed by atoms with van der Waals surface area (Å²) >= 11 is 0. The van der Waals surface area contributed by atoms with Crippen molar-refractivity contribution < 1.29 is 15.0 Å². The van der Waals surface area contributed by atoms with E-state index >= 15 is 0 Å². The molecule has 1 saturated heterocycles. The molecule has 2 N–H and O–H groups in total. The second-order valence-electron chi connectivity index (χ2n) is 5.13. The smallest absolute Gasteiger partial charge is 0.407 e. The Morgan fingerprint density at radius 2 is 2.00 bits per heavy atom. The number of piperidine rings is 1. The molecule has 0 radical (unpaired) electrons. The predicted molar refractivity (Wildman–Crippen MR) is 55.7 cm³/mol. The van der Waals surface area contributed by atoms with Crippen LogP contribution in [0.2, 0.25) is 0 Å². The summed E-state index contributed by atoms with van der Waals surface area (Å²) in [5.41, 5.74) is 0.214. The maximum absolute atomic E-state index is 10.8. The van der Waals surface area contributed by atoms with Crippen LogP contribution >= 0.6 is 0 Å². The highest BCUT2D eigenvalue weighted by atomic mass is 16.4. The van der Waals surface area contributed by atoms with Gasteiger partial charge in [-0.3, -0.25) is 0 Å². The monoisotopic (exact) mass is 213 g/mol. The Morgan fingerprint density at radius 1 is 1.40 bits per heavy atom. The van der Waals surface area contributed by atoms with Crippen LogP contribution in [0.5, 0.6) is 0 Å². The van der Waals surface area contributed by atoms with Gasteiger partial charge >= 0.3 is 6.09 Å². The van der Waals surface area contributed by atoms with Gasteiger partial charge in [-0.2, -0.15) is 0 Å². The molecule has 2 unspecified atom stereocenters. The lowest BCUT2D eigenvalue weighted by Gasteiger charge is -2.41. The van der Waals surface area contributed by atoms with E-state index in [0.717, 1.165) is 25.7 Å². The van der Waals surface area contributed by atoms with Gasteiger partial charge in [-0.05, 0) is 37.0 Å².